The Labute approximate surface area is 100 Å². The van der Waals surface area contributed by atoms with Crippen molar-refractivity contribution in [3.8, 4) is 11.3 Å². The first-order valence-electron chi connectivity index (χ1n) is 5.06. The number of hydrogen-bond donors (Lipinski definition) is 1. The van der Waals surface area contributed by atoms with Crippen molar-refractivity contribution in [1.82, 2.24) is 0 Å². The first-order chi connectivity index (χ1) is 8.38. The van der Waals surface area contributed by atoms with Gasteiger partial charge >= 0.3 is 6.18 Å². The highest BCUT2D eigenvalue weighted by molar-refractivity contribution is 5.57. The first-order valence-corrected chi connectivity index (χ1v) is 5.06. The molecule has 1 aromatic carbocycles. The first kappa shape index (κ1) is 12.6. The number of benzene rings is 1. The molecule has 1 atom stereocenters. The lowest BCUT2D eigenvalue weighted by molar-refractivity contribution is -0.152. The minimum Gasteiger partial charge on any atom is -0.459 e. The quantitative estimate of drug-likeness (QED) is 0.836. The van der Waals surface area contributed by atoms with Gasteiger partial charge in [-0.3, -0.25) is 0 Å². The van der Waals surface area contributed by atoms with E-state index >= 15 is 0 Å². The molecule has 0 saturated carbocycles. The summed E-state index contributed by atoms with van der Waals surface area (Å²) in [6.45, 7) is 0. The average Bonchev–Trinajstić information content (AvgIpc) is 2.77. The van der Waals surface area contributed by atoms with E-state index in [1.54, 1.807) is 0 Å². The highest BCUT2D eigenvalue weighted by Gasteiger charge is 2.40. The monoisotopic (exact) mass is 259 g/mol. The van der Waals surface area contributed by atoms with Crippen LogP contribution in [-0.4, -0.2) is 6.18 Å². The van der Waals surface area contributed by atoms with Crippen LogP contribution in [0.4, 0.5) is 17.6 Å². The minimum absolute atomic E-state index is 0.213. The molecule has 0 spiro atoms. The molecule has 0 saturated heterocycles. The highest BCUT2D eigenvalue weighted by atomic mass is 19.4. The molecule has 0 fully saturated rings. The summed E-state index contributed by atoms with van der Waals surface area (Å²) in [6, 6.07) is 5.59. The molecule has 0 radical (unpaired) electrons. The zero-order valence-corrected chi connectivity index (χ0v) is 9.04. The van der Waals surface area contributed by atoms with Gasteiger partial charge in [0.05, 0.1) is 0 Å². The molecule has 6 heteroatoms. The van der Waals surface area contributed by atoms with E-state index in [9.17, 15) is 17.6 Å². The summed E-state index contributed by atoms with van der Waals surface area (Å²) in [5.41, 5.74) is 5.49. The van der Waals surface area contributed by atoms with Crippen molar-refractivity contribution >= 4 is 0 Å². The lowest BCUT2D eigenvalue weighted by Crippen LogP contribution is -2.27. The Bertz CT molecular complexity index is 530. The van der Waals surface area contributed by atoms with Crippen LogP contribution >= 0.6 is 0 Å². The number of furan rings is 1. The van der Waals surface area contributed by atoms with Crippen molar-refractivity contribution < 1.29 is 22.0 Å². The maximum absolute atomic E-state index is 12.7. The summed E-state index contributed by atoms with van der Waals surface area (Å²) >= 11 is 0. The van der Waals surface area contributed by atoms with Crippen molar-refractivity contribution in [1.29, 1.82) is 0 Å². The summed E-state index contributed by atoms with van der Waals surface area (Å²) in [6.07, 6.45) is -4.56. The molecule has 1 aromatic heterocycles. The molecule has 2 N–H and O–H groups in total. The Morgan fingerprint density at radius 2 is 1.61 bits per heavy atom. The van der Waals surface area contributed by atoms with Gasteiger partial charge in [-0.25, -0.2) is 4.39 Å². The third-order valence-corrected chi connectivity index (χ3v) is 2.41. The summed E-state index contributed by atoms with van der Waals surface area (Å²) < 4.78 is 54.8. The number of hydrogen-bond acceptors (Lipinski definition) is 2. The molecule has 2 rings (SSSR count). The van der Waals surface area contributed by atoms with Gasteiger partial charge in [-0.2, -0.15) is 13.2 Å². The van der Waals surface area contributed by atoms with Gasteiger partial charge in [-0.1, -0.05) is 0 Å². The fourth-order valence-electron chi connectivity index (χ4n) is 1.45. The van der Waals surface area contributed by atoms with E-state index < -0.39 is 18.0 Å². The van der Waals surface area contributed by atoms with Crippen LogP contribution in [0.2, 0.25) is 0 Å². The zero-order valence-electron chi connectivity index (χ0n) is 9.04. The molecular weight excluding hydrogens is 250 g/mol. The Hall–Kier alpha value is -1.82. The molecular formula is C12H9F4NO. The molecule has 0 bridgehead atoms. The maximum atomic E-state index is 12.7. The van der Waals surface area contributed by atoms with Crippen LogP contribution in [0.3, 0.4) is 0 Å². The summed E-state index contributed by atoms with van der Waals surface area (Å²) in [5.74, 6) is -0.593. The van der Waals surface area contributed by atoms with Gasteiger partial charge in [-0.15, -0.1) is 0 Å². The summed E-state index contributed by atoms with van der Waals surface area (Å²) in [4.78, 5) is 0. The van der Waals surface area contributed by atoms with Crippen molar-refractivity contribution in [2.24, 2.45) is 5.73 Å². The van der Waals surface area contributed by atoms with Crippen molar-refractivity contribution in [3.05, 3.63) is 48.0 Å². The fraction of sp³-hybridized carbons (Fsp3) is 0.167. The average molecular weight is 259 g/mol. The third-order valence-electron chi connectivity index (χ3n) is 2.41. The Morgan fingerprint density at radius 1 is 1.00 bits per heavy atom. The van der Waals surface area contributed by atoms with E-state index in [2.05, 4.69) is 0 Å². The molecule has 96 valence electrons. The SMILES string of the molecule is NC(c1ccc(-c2ccc(F)cc2)o1)C(F)(F)F. The van der Waals surface area contributed by atoms with Crippen LogP contribution in [-0.2, 0) is 0 Å². The highest BCUT2D eigenvalue weighted by Crippen LogP contribution is 2.33. The largest absolute Gasteiger partial charge is 0.459 e. The second-order valence-electron chi connectivity index (χ2n) is 3.73. The second kappa shape index (κ2) is 4.45. The zero-order chi connectivity index (χ0) is 13.3. The summed E-state index contributed by atoms with van der Waals surface area (Å²) in [7, 11) is 0. The number of nitrogens with two attached hydrogens (primary N) is 1. The van der Waals surface area contributed by atoms with Crippen molar-refractivity contribution in [2.75, 3.05) is 0 Å². The van der Waals surface area contributed by atoms with Crippen molar-refractivity contribution in [3.63, 3.8) is 0 Å². The molecule has 1 heterocycles. The van der Waals surface area contributed by atoms with Gasteiger partial charge in [0, 0.05) is 5.56 Å². The maximum Gasteiger partial charge on any atom is 0.410 e. The third kappa shape index (κ3) is 2.53. The lowest BCUT2D eigenvalue weighted by Gasteiger charge is -2.12. The minimum atomic E-state index is -4.56. The Morgan fingerprint density at radius 3 is 2.17 bits per heavy atom. The molecule has 0 aliphatic carbocycles. The molecule has 18 heavy (non-hydrogen) atoms. The standard InChI is InChI=1S/C12H9F4NO/c13-8-3-1-7(2-4-8)9-5-6-10(18-9)11(17)12(14,15)16/h1-6,11H,17H2. The molecule has 1 unspecified atom stereocenters. The smallest absolute Gasteiger partial charge is 0.410 e. The van der Waals surface area contributed by atoms with Crippen LogP contribution in [0.15, 0.2) is 40.8 Å². The van der Waals surface area contributed by atoms with E-state index in [1.807, 2.05) is 0 Å². The van der Waals surface area contributed by atoms with Gasteiger partial charge in [0.25, 0.3) is 0 Å². The van der Waals surface area contributed by atoms with Gasteiger partial charge < -0.3 is 10.2 Å². The van der Waals surface area contributed by atoms with Crippen LogP contribution in [0, 0.1) is 5.82 Å². The van der Waals surface area contributed by atoms with Crippen LogP contribution in [0.1, 0.15) is 11.8 Å². The van der Waals surface area contributed by atoms with Crippen molar-refractivity contribution in [2.45, 2.75) is 12.2 Å². The van der Waals surface area contributed by atoms with Gasteiger partial charge in [-0.05, 0) is 36.4 Å². The Balaban J connectivity index is 2.28. The predicted molar refractivity (Wildman–Crippen MR) is 57.1 cm³/mol. The second-order valence-corrected chi connectivity index (χ2v) is 3.73. The van der Waals surface area contributed by atoms with E-state index in [4.69, 9.17) is 10.2 Å². The van der Waals surface area contributed by atoms with Gasteiger partial charge in [0.15, 0.2) is 6.04 Å². The topological polar surface area (TPSA) is 39.2 Å². The Kier molecular flexibility index (Phi) is 3.13. The van der Waals surface area contributed by atoms with Gasteiger partial charge in [0.1, 0.15) is 17.3 Å². The fourth-order valence-corrected chi connectivity index (χ4v) is 1.45. The normalized spacial score (nSPS) is 13.6. The molecule has 0 aliphatic rings. The predicted octanol–water partition coefficient (Wildman–Crippen LogP) is 3.65. The van der Waals surface area contributed by atoms with E-state index in [-0.39, 0.29) is 11.5 Å². The van der Waals surface area contributed by atoms with Crippen LogP contribution in [0.5, 0.6) is 0 Å². The van der Waals surface area contributed by atoms with E-state index in [1.165, 1.54) is 30.3 Å². The van der Waals surface area contributed by atoms with Gasteiger partial charge in [0.2, 0.25) is 0 Å². The molecule has 2 aromatic rings. The molecule has 0 aliphatic heterocycles. The van der Waals surface area contributed by atoms with Crippen LogP contribution < -0.4 is 5.73 Å². The van der Waals surface area contributed by atoms with Crippen LogP contribution in [0.25, 0.3) is 11.3 Å². The van der Waals surface area contributed by atoms with E-state index in [0.717, 1.165) is 6.07 Å². The number of halogens is 4. The number of rotatable bonds is 2. The number of alkyl halides is 3. The lowest BCUT2D eigenvalue weighted by atomic mass is 10.2. The summed E-state index contributed by atoms with van der Waals surface area (Å²) in [5, 5.41) is 0. The molecule has 2 nitrogen and oxygen atoms in total. The molecule has 0 amide bonds. The van der Waals surface area contributed by atoms with E-state index in [0.29, 0.717) is 5.56 Å².